The highest BCUT2D eigenvalue weighted by atomic mass is 32.2. The first-order valence-corrected chi connectivity index (χ1v) is 9.18. The summed E-state index contributed by atoms with van der Waals surface area (Å²) in [6.07, 6.45) is 10.5. The average molecular weight is 323 g/mol. The highest BCUT2D eigenvalue weighted by Crippen LogP contribution is 2.17. The summed E-state index contributed by atoms with van der Waals surface area (Å²) in [4.78, 5) is 18.0. The number of aromatic nitrogens is 1. The van der Waals surface area contributed by atoms with Crippen molar-refractivity contribution in [3.8, 4) is 0 Å². The zero-order valence-electron chi connectivity index (χ0n) is 12.6. The van der Waals surface area contributed by atoms with Crippen molar-refractivity contribution in [3.05, 3.63) is 36.2 Å². The number of sulfonamides is 1. The number of carbonyl (C=O) groups is 1. The first-order chi connectivity index (χ1) is 10.5. The monoisotopic (exact) mass is 323 g/mol. The van der Waals surface area contributed by atoms with Crippen LogP contribution in [-0.2, 0) is 14.8 Å². The van der Waals surface area contributed by atoms with Crippen LogP contribution >= 0.6 is 0 Å². The van der Waals surface area contributed by atoms with Crippen LogP contribution in [0.25, 0.3) is 6.08 Å². The fourth-order valence-corrected chi connectivity index (χ4v) is 2.98. The van der Waals surface area contributed by atoms with E-state index < -0.39 is 10.0 Å². The average Bonchev–Trinajstić information content (AvgIpc) is 2.51. The number of pyridine rings is 1. The van der Waals surface area contributed by atoms with Crippen LogP contribution in [0, 0.1) is 0 Å². The van der Waals surface area contributed by atoms with Crippen LogP contribution < -0.4 is 4.72 Å². The number of amides is 1. The molecule has 7 heteroatoms. The van der Waals surface area contributed by atoms with Gasteiger partial charge in [-0.2, -0.15) is 0 Å². The minimum Gasteiger partial charge on any atom is -0.335 e. The number of nitrogens with one attached hydrogen (secondary N) is 1. The highest BCUT2D eigenvalue weighted by molar-refractivity contribution is 7.88. The van der Waals surface area contributed by atoms with Crippen molar-refractivity contribution in [1.82, 2.24) is 14.6 Å². The summed E-state index contributed by atoms with van der Waals surface area (Å²) in [5.74, 6) is -0.0863. The van der Waals surface area contributed by atoms with Gasteiger partial charge in [-0.15, -0.1) is 0 Å². The molecule has 1 atom stereocenters. The molecule has 1 aromatic heterocycles. The normalized spacial score (nSPS) is 19.5. The molecule has 0 bridgehead atoms. The molecule has 1 aliphatic heterocycles. The first-order valence-electron chi connectivity index (χ1n) is 7.29. The largest absolute Gasteiger partial charge is 0.335 e. The molecule has 1 aromatic rings. The molecule has 6 nitrogen and oxygen atoms in total. The van der Waals surface area contributed by atoms with Crippen LogP contribution in [0.2, 0.25) is 0 Å². The molecule has 0 saturated carbocycles. The predicted octanol–water partition coefficient (Wildman–Crippen LogP) is 1.03. The highest BCUT2D eigenvalue weighted by Gasteiger charge is 2.25. The smallest absolute Gasteiger partial charge is 0.246 e. The van der Waals surface area contributed by atoms with Crippen LogP contribution in [0.15, 0.2) is 30.6 Å². The van der Waals surface area contributed by atoms with E-state index in [0.29, 0.717) is 6.54 Å². The van der Waals surface area contributed by atoms with Gasteiger partial charge in [0.2, 0.25) is 15.9 Å². The van der Waals surface area contributed by atoms with Gasteiger partial charge in [0, 0.05) is 37.6 Å². The quantitative estimate of drug-likeness (QED) is 0.821. The van der Waals surface area contributed by atoms with E-state index in [2.05, 4.69) is 9.71 Å². The summed E-state index contributed by atoms with van der Waals surface area (Å²) in [7, 11) is -3.24. The number of hydrogen-bond acceptors (Lipinski definition) is 4. The molecule has 1 aliphatic rings. The molecule has 0 aliphatic carbocycles. The standard InChI is InChI=1S/C15H21N3O3S/c1-22(20,21)17-12-14-4-2-3-11-18(14)15(19)6-5-13-7-9-16-10-8-13/h5-10,14,17H,2-4,11-12H2,1H3. The number of nitrogens with zero attached hydrogens (tertiary/aromatic N) is 2. The summed E-state index contributed by atoms with van der Waals surface area (Å²) < 4.78 is 24.9. The van der Waals surface area contributed by atoms with Crippen molar-refractivity contribution in [3.63, 3.8) is 0 Å². The number of rotatable bonds is 5. The maximum atomic E-state index is 12.4. The van der Waals surface area contributed by atoms with Crippen LogP contribution in [-0.4, -0.2) is 49.6 Å². The van der Waals surface area contributed by atoms with Crippen molar-refractivity contribution in [2.75, 3.05) is 19.3 Å². The van der Waals surface area contributed by atoms with Crippen LogP contribution in [0.1, 0.15) is 24.8 Å². The SMILES string of the molecule is CS(=O)(=O)NCC1CCCCN1C(=O)C=Cc1ccncc1. The van der Waals surface area contributed by atoms with E-state index in [0.717, 1.165) is 31.1 Å². The van der Waals surface area contributed by atoms with Crippen molar-refractivity contribution >= 4 is 22.0 Å². The number of carbonyl (C=O) groups excluding carboxylic acids is 1. The Hall–Kier alpha value is -1.73. The third kappa shape index (κ3) is 5.23. The van der Waals surface area contributed by atoms with Gasteiger partial charge in [-0.05, 0) is 43.0 Å². The van der Waals surface area contributed by atoms with Gasteiger partial charge in [-0.25, -0.2) is 13.1 Å². The molecule has 1 amide bonds. The molecule has 1 fully saturated rings. The van der Waals surface area contributed by atoms with Crippen LogP contribution in [0.4, 0.5) is 0 Å². The minimum atomic E-state index is -3.24. The van der Waals surface area contributed by atoms with Crippen LogP contribution in [0.3, 0.4) is 0 Å². The van der Waals surface area contributed by atoms with E-state index >= 15 is 0 Å². The molecular weight excluding hydrogens is 302 g/mol. The van der Waals surface area contributed by atoms with E-state index in [1.54, 1.807) is 23.4 Å². The Morgan fingerprint density at radius 3 is 2.82 bits per heavy atom. The Morgan fingerprint density at radius 1 is 1.41 bits per heavy atom. The first kappa shape index (κ1) is 16.6. The molecule has 0 aromatic carbocycles. The number of hydrogen-bond donors (Lipinski definition) is 1. The third-order valence-corrected chi connectivity index (χ3v) is 4.31. The lowest BCUT2D eigenvalue weighted by Crippen LogP contribution is -2.48. The Labute approximate surface area is 131 Å². The van der Waals surface area contributed by atoms with Crippen molar-refractivity contribution in [2.24, 2.45) is 0 Å². The fraction of sp³-hybridized carbons (Fsp3) is 0.467. The zero-order valence-corrected chi connectivity index (χ0v) is 13.4. The summed E-state index contributed by atoms with van der Waals surface area (Å²) in [5.41, 5.74) is 0.908. The Kier molecular flexibility index (Phi) is 5.68. The molecule has 1 unspecified atom stereocenters. The molecule has 1 N–H and O–H groups in total. The lowest BCUT2D eigenvalue weighted by molar-refractivity contribution is -0.129. The second kappa shape index (κ2) is 7.51. The third-order valence-electron chi connectivity index (χ3n) is 3.62. The van der Waals surface area contributed by atoms with Gasteiger partial charge in [0.15, 0.2) is 0 Å². The van der Waals surface area contributed by atoms with Crippen molar-refractivity contribution < 1.29 is 13.2 Å². The lowest BCUT2D eigenvalue weighted by Gasteiger charge is -2.35. The summed E-state index contributed by atoms with van der Waals surface area (Å²) in [5, 5.41) is 0. The molecule has 120 valence electrons. The summed E-state index contributed by atoms with van der Waals surface area (Å²) >= 11 is 0. The molecule has 1 saturated heterocycles. The molecular formula is C15H21N3O3S. The number of likely N-dealkylation sites (tertiary alicyclic amines) is 1. The Bertz CT molecular complexity index is 629. The predicted molar refractivity (Wildman–Crippen MR) is 85.5 cm³/mol. The molecule has 22 heavy (non-hydrogen) atoms. The van der Waals surface area contributed by atoms with E-state index in [4.69, 9.17) is 0 Å². The Morgan fingerprint density at radius 2 is 2.14 bits per heavy atom. The molecule has 2 rings (SSSR count). The minimum absolute atomic E-state index is 0.0851. The molecule has 0 radical (unpaired) electrons. The molecule has 0 spiro atoms. The second-order valence-corrected chi connectivity index (χ2v) is 7.25. The van der Waals surface area contributed by atoms with E-state index in [9.17, 15) is 13.2 Å². The van der Waals surface area contributed by atoms with Gasteiger partial charge in [0.05, 0.1) is 6.26 Å². The van der Waals surface area contributed by atoms with Gasteiger partial charge >= 0.3 is 0 Å². The zero-order chi connectivity index (χ0) is 16.0. The van der Waals surface area contributed by atoms with Gasteiger partial charge in [0.25, 0.3) is 0 Å². The molecule has 2 heterocycles. The van der Waals surface area contributed by atoms with Gasteiger partial charge in [-0.1, -0.05) is 0 Å². The maximum Gasteiger partial charge on any atom is 0.246 e. The van der Waals surface area contributed by atoms with Gasteiger partial charge in [0.1, 0.15) is 0 Å². The summed E-state index contributed by atoms with van der Waals surface area (Å²) in [6.45, 7) is 0.934. The van der Waals surface area contributed by atoms with Gasteiger partial charge < -0.3 is 4.90 Å². The van der Waals surface area contributed by atoms with Crippen LogP contribution in [0.5, 0.6) is 0 Å². The lowest BCUT2D eigenvalue weighted by atomic mass is 10.0. The van der Waals surface area contributed by atoms with E-state index in [-0.39, 0.29) is 18.5 Å². The second-order valence-electron chi connectivity index (χ2n) is 5.42. The fourth-order valence-electron chi connectivity index (χ4n) is 2.49. The van der Waals surface area contributed by atoms with Crippen molar-refractivity contribution in [1.29, 1.82) is 0 Å². The topological polar surface area (TPSA) is 79.4 Å². The van der Waals surface area contributed by atoms with Crippen molar-refractivity contribution in [2.45, 2.75) is 25.3 Å². The van der Waals surface area contributed by atoms with E-state index in [1.807, 2.05) is 12.1 Å². The summed E-state index contributed by atoms with van der Waals surface area (Å²) in [6, 6.07) is 3.56. The maximum absolute atomic E-state index is 12.4. The van der Waals surface area contributed by atoms with E-state index in [1.165, 1.54) is 6.08 Å². The Balaban J connectivity index is 2.00. The van der Waals surface area contributed by atoms with Gasteiger partial charge in [-0.3, -0.25) is 9.78 Å². The number of piperidine rings is 1.